The Bertz CT molecular complexity index is 1200. The Balaban J connectivity index is 1.07. The molecule has 0 bridgehead atoms. The molecule has 3 saturated carbocycles. The van der Waals surface area contributed by atoms with Crippen LogP contribution in [0.3, 0.4) is 0 Å². The second-order valence-corrected chi connectivity index (χ2v) is 16.3. The van der Waals surface area contributed by atoms with Gasteiger partial charge in [0.2, 0.25) is 0 Å². The smallest absolute Gasteiger partial charge is 0.407 e. The number of carbonyl (C=O) groups excluding carboxylic acids is 3. The number of ether oxygens (including phenoxy) is 3. The molecule has 0 aromatic carbocycles. The zero-order valence-electron chi connectivity index (χ0n) is 28.8. The minimum absolute atomic E-state index is 0.0142. The second kappa shape index (κ2) is 14.0. The molecule has 6 fully saturated rings. The lowest BCUT2D eigenvalue weighted by molar-refractivity contribution is -0.210. The van der Waals surface area contributed by atoms with Crippen LogP contribution in [0.1, 0.15) is 85.0 Å². The topological polar surface area (TPSA) is 113 Å². The fourth-order valence-corrected chi connectivity index (χ4v) is 9.94. The molecule has 262 valence electrons. The highest BCUT2D eigenvalue weighted by Crippen LogP contribution is 2.50. The summed E-state index contributed by atoms with van der Waals surface area (Å²) in [7, 11) is 0. The zero-order valence-corrected chi connectivity index (χ0v) is 28.8. The molecular weight excluding hydrogens is 598 g/mol. The SMILES string of the molecule is CC(C)(C)OC(=O)NC1CCN(C2CCC3C(=O)C(C(=O)NCCCN4CCOCC4)=CN4C5CC6CCCCC6CC5OC2C34)C1. The number of morpholine rings is 2. The average molecular weight is 656 g/mol. The van der Waals surface area contributed by atoms with Crippen LogP contribution in [0.4, 0.5) is 4.79 Å². The van der Waals surface area contributed by atoms with Crippen LogP contribution in [0.15, 0.2) is 11.8 Å². The largest absolute Gasteiger partial charge is 0.444 e. The van der Waals surface area contributed by atoms with E-state index >= 15 is 0 Å². The quantitative estimate of drug-likeness (QED) is 0.316. The Kier molecular flexibility index (Phi) is 9.89. The predicted molar refractivity (Wildman–Crippen MR) is 177 cm³/mol. The molecule has 2 N–H and O–H groups in total. The van der Waals surface area contributed by atoms with E-state index in [9.17, 15) is 14.4 Å². The minimum atomic E-state index is -0.534. The first-order valence-corrected chi connectivity index (χ1v) is 18.7. The van der Waals surface area contributed by atoms with E-state index in [1.165, 1.54) is 25.7 Å². The van der Waals surface area contributed by atoms with Gasteiger partial charge < -0.3 is 29.7 Å². The number of hydrogen-bond donors (Lipinski definition) is 2. The maximum atomic E-state index is 14.1. The normalized spacial score (nSPS) is 37.7. The van der Waals surface area contributed by atoms with E-state index in [-0.39, 0.29) is 60.1 Å². The summed E-state index contributed by atoms with van der Waals surface area (Å²) in [5.74, 6) is 0.931. The molecule has 3 aliphatic carbocycles. The van der Waals surface area contributed by atoms with Crippen LogP contribution in [0.5, 0.6) is 0 Å². The Labute approximate surface area is 280 Å². The van der Waals surface area contributed by atoms with Crippen LogP contribution in [0.2, 0.25) is 0 Å². The Morgan fingerprint density at radius 2 is 1.74 bits per heavy atom. The van der Waals surface area contributed by atoms with Crippen LogP contribution < -0.4 is 10.6 Å². The van der Waals surface area contributed by atoms with Crippen molar-refractivity contribution in [3.8, 4) is 0 Å². The number of Topliss-reactive ketones (excluding diaryl/α,β-unsaturated/α-hetero) is 1. The van der Waals surface area contributed by atoms with Gasteiger partial charge in [-0.2, -0.15) is 0 Å². The van der Waals surface area contributed by atoms with E-state index in [0.29, 0.717) is 24.0 Å². The Hall–Kier alpha value is -2.21. The molecule has 11 heteroatoms. The number of likely N-dealkylation sites (tertiary alicyclic amines) is 1. The van der Waals surface area contributed by atoms with E-state index in [1.54, 1.807) is 0 Å². The molecule has 4 heterocycles. The summed E-state index contributed by atoms with van der Waals surface area (Å²) in [5.41, 5.74) is -0.197. The van der Waals surface area contributed by atoms with Gasteiger partial charge in [0.1, 0.15) is 5.60 Å². The number of nitrogens with one attached hydrogen (secondary N) is 2. The Morgan fingerprint density at radius 1 is 0.979 bits per heavy atom. The first-order valence-electron chi connectivity index (χ1n) is 18.7. The molecule has 11 nitrogen and oxygen atoms in total. The van der Waals surface area contributed by atoms with E-state index in [2.05, 4.69) is 25.3 Å². The molecule has 9 atom stereocenters. The van der Waals surface area contributed by atoms with Crippen LogP contribution in [0.25, 0.3) is 0 Å². The van der Waals surface area contributed by atoms with Crippen molar-refractivity contribution in [3.63, 3.8) is 0 Å². The maximum absolute atomic E-state index is 14.1. The second-order valence-electron chi connectivity index (χ2n) is 16.3. The number of ketones is 1. The lowest BCUT2D eigenvalue weighted by Gasteiger charge is -2.61. The summed E-state index contributed by atoms with van der Waals surface area (Å²) in [6.45, 7) is 12.2. The van der Waals surface area contributed by atoms with Gasteiger partial charge in [-0.15, -0.1) is 0 Å². The molecule has 47 heavy (non-hydrogen) atoms. The predicted octanol–water partition coefficient (Wildman–Crippen LogP) is 3.08. The highest BCUT2D eigenvalue weighted by atomic mass is 16.6. The number of rotatable bonds is 7. The van der Waals surface area contributed by atoms with Gasteiger partial charge in [0.15, 0.2) is 5.78 Å². The molecule has 9 unspecified atom stereocenters. The van der Waals surface area contributed by atoms with E-state index < -0.39 is 5.60 Å². The van der Waals surface area contributed by atoms with Gasteiger partial charge in [-0.25, -0.2) is 4.79 Å². The molecule has 7 rings (SSSR count). The molecule has 7 aliphatic rings. The molecule has 3 saturated heterocycles. The summed E-state index contributed by atoms with van der Waals surface area (Å²) in [4.78, 5) is 47.6. The lowest BCUT2D eigenvalue weighted by Crippen LogP contribution is -2.71. The summed E-state index contributed by atoms with van der Waals surface area (Å²) in [6.07, 6.45) is 12.2. The van der Waals surface area contributed by atoms with Gasteiger partial charge in [-0.3, -0.25) is 19.4 Å². The number of alkyl carbamates (subject to hydrolysis) is 1. The number of nitrogens with zero attached hydrogens (tertiary/aromatic N) is 3. The van der Waals surface area contributed by atoms with E-state index in [4.69, 9.17) is 14.2 Å². The van der Waals surface area contributed by atoms with Gasteiger partial charge in [0.25, 0.3) is 5.91 Å². The number of fused-ring (bicyclic) bond motifs is 3. The summed E-state index contributed by atoms with van der Waals surface area (Å²) >= 11 is 0. The third-order valence-corrected chi connectivity index (χ3v) is 12.1. The van der Waals surface area contributed by atoms with Crippen molar-refractivity contribution in [3.05, 3.63) is 11.8 Å². The highest BCUT2D eigenvalue weighted by molar-refractivity contribution is 6.20. The van der Waals surface area contributed by atoms with Gasteiger partial charge in [0, 0.05) is 56.9 Å². The van der Waals surface area contributed by atoms with Gasteiger partial charge in [0.05, 0.1) is 43.1 Å². The monoisotopic (exact) mass is 655 g/mol. The summed E-state index contributed by atoms with van der Waals surface area (Å²) < 4.78 is 18.2. The average Bonchev–Trinajstić information content (AvgIpc) is 3.50. The van der Waals surface area contributed by atoms with Crippen LogP contribution in [-0.2, 0) is 23.8 Å². The number of amides is 2. The van der Waals surface area contributed by atoms with E-state index in [0.717, 1.165) is 84.5 Å². The Morgan fingerprint density at radius 3 is 2.51 bits per heavy atom. The van der Waals surface area contributed by atoms with Crippen molar-refractivity contribution < 1.29 is 28.6 Å². The minimum Gasteiger partial charge on any atom is -0.444 e. The van der Waals surface area contributed by atoms with Crippen molar-refractivity contribution in [2.45, 2.75) is 127 Å². The highest BCUT2D eigenvalue weighted by Gasteiger charge is 2.58. The van der Waals surface area contributed by atoms with Crippen LogP contribution in [-0.4, -0.2) is 127 Å². The van der Waals surface area contributed by atoms with Crippen molar-refractivity contribution in [1.29, 1.82) is 0 Å². The fourth-order valence-electron chi connectivity index (χ4n) is 9.94. The number of carbonyl (C=O) groups is 3. The van der Waals surface area contributed by atoms with Crippen LogP contribution >= 0.6 is 0 Å². The van der Waals surface area contributed by atoms with Gasteiger partial charge in [-0.1, -0.05) is 25.7 Å². The number of hydrogen-bond acceptors (Lipinski definition) is 9. The van der Waals surface area contributed by atoms with Crippen molar-refractivity contribution in [2.75, 3.05) is 52.5 Å². The molecule has 0 spiro atoms. The molecule has 0 radical (unpaired) electrons. The van der Waals surface area contributed by atoms with Crippen molar-refractivity contribution in [1.82, 2.24) is 25.3 Å². The molecule has 0 aromatic heterocycles. The third-order valence-electron chi connectivity index (χ3n) is 12.1. The van der Waals surface area contributed by atoms with Crippen molar-refractivity contribution in [2.24, 2.45) is 17.8 Å². The standard InChI is InChI=1S/C36H57N5O6/c1-36(2,3)47-35(44)38-25-11-14-40(21-25)28-10-9-26-31-33(28)46-30-20-24-8-5-4-7-23(24)19-29(30)41(31)22-27(32(26)42)34(43)37-12-6-13-39-15-17-45-18-16-39/h22-26,28-31,33H,4-21H2,1-3H3,(H,37,43)(H,38,44). The molecular formula is C36H57N5O6. The maximum Gasteiger partial charge on any atom is 0.407 e. The van der Waals surface area contributed by atoms with Gasteiger partial charge in [-0.05, 0) is 77.7 Å². The zero-order chi connectivity index (χ0) is 32.7. The van der Waals surface area contributed by atoms with Crippen LogP contribution in [0, 0.1) is 17.8 Å². The molecule has 4 aliphatic heterocycles. The first-order chi connectivity index (χ1) is 22.6. The summed E-state index contributed by atoms with van der Waals surface area (Å²) in [6, 6.07) is 0.345. The lowest BCUT2D eigenvalue weighted by atomic mass is 9.65. The fraction of sp³-hybridized carbons (Fsp3) is 0.861. The molecule has 0 aromatic rings. The third kappa shape index (κ3) is 7.24. The molecule has 2 amide bonds. The first kappa shape index (κ1) is 33.3. The van der Waals surface area contributed by atoms with Crippen molar-refractivity contribution >= 4 is 17.8 Å². The van der Waals surface area contributed by atoms with Gasteiger partial charge >= 0.3 is 6.09 Å². The van der Waals surface area contributed by atoms with E-state index in [1.807, 2.05) is 27.0 Å². The summed E-state index contributed by atoms with van der Waals surface area (Å²) in [5, 5.41) is 6.19.